The van der Waals surface area contributed by atoms with E-state index in [1.54, 1.807) is 24.3 Å². The molecule has 2 N–H and O–H groups in total. The van der Waals surface area contributed by atoms with E-state index in [9.17, 15) is 14.2 Å². The van der Waals surface area contributed by atoms with Gasteiger partial charge in [0.05, 0.1) is 0 Å². The van der Waals surface area contributed by atoms with Crippen LogP contribution in [0.1, 0.15) is 10.4 Å². The number of carbonyl (C=O) groups excluding carboxylic acids is 1. The Kier molecular flexibility index (Phi) is 4.57. The normalized spacial score (nSPS) is 11.3. The zero-order chi connectivity index (χ0) is 14.5. The summed E-state index contributed by atoms with van der Waals surface area (Å²) >= 11 is 0. The molecule has 0 saturated heterocycles. The number of nitrogens with one attached hydrogen (secondary N) is 1. The third-order valence-electron chi connectivity index (χ3n) is 2.48. The van der Waals surface area contributed by atoms with Crippen LogP contribution in [0.15, 0.2) is 39.5 Å². The van der Waals surface area contributed by atoms with E-state index in [0.717, 1.165) is 0 Å². The van der Waals surface area contributed by atoms with Gasteiger partial charge in [0, 0.05) is 16.5 Å². The molecule has 104 valence electrons. The molecule has 1 atom stereocenters. The van der Waals surface area contributed by atoms with E-state index in [1.165, 1.54) is 6.07 Å². The number of carbonyl (C=O) groups is 1. The zero-order valence-electron chi connectivity index (χ0n) is 10.2. The van der Waals surface area contributed by atoms with Gasteiger partial charge in [-0.15, -0.1) is 9.42 Å². The first-order valence-electron chi connectivity index (χ1n) is 5.68. The third kappa shape index (κ3) is 3.48. The van der Waals surface area contributed by atoms with E-state index in [4.69, 9.17) is 9.31 Å². The highest BCUT2D eigenvalue weighted by Gasteiger charge is 2.15. The fourth-order valence-corrected chi connectivity index (χ4v) is 1.85. The second-order valence-electron chi connectivity index (χ2n) is 3.81. The van der Waals surface area contributed by atoms with Crippen molar-refractivity contribution in [1.29, 1.82) is 0 Å². The fourth-order valence-electron chi connectivity index (χ4n) is 1.60. The monoisotopic (exact) mass is 296 g/mol. The highest BCUT2D eigenvalue weighted by atomic mass is 31.1. The molecular formula is C12H11NO6P+. The summed E-state index contributed by atoms with van der Waals surface area (Å²) < 4.78 is 19.7. The van der Waals surface area contributed by atoms with Crippen molar-refractivity contribution in [2.75, 3.05) is 13.2 Å². The summed E-state index contributed by atoms with van der Waals surface area (Å²) in [6, 6.07) is 8.26. The lowest BCUT2D eigenvalue weighted by molar-refractivity contribution is 0.0942. The molecule has 0 bridgehead atoms. The highest BCUT2D eigenvalue weighted by molar-refractivity contribution is 7.32. The van der Waals surface area contributed by atoms with Gasteiger partial charge < -0.3 is 9.73 Å². The van der Waals surface area contributed by atoms with Crippen LogP contribution in [0.5, 0.6) is 0 Å². The molecule has 20 heavy (non-hydrogen) atoms. The van der Waals surface area contributed by atoms with Crippen LogP contribution in [0.4, 0.5) is 0 Å². The maximum absolute atomic E-state index is 11.8. The van der Waals surface area contributed by atoms with Crippen LogP contribution in [0, 0.1) is 0 Å². The summed E-state index contributed by atoms with van der Waals surface area (Å²) in [7, 11) is -2.70. The van der Waals surface area contributed by atoms with E-state index < -0.39 is 19.8 Å². The molecule has 0 spiro atoms. The average molecular weight is 296 g/mol. The molecule has 1 amide bonds. The first-order chi connectivity index (χ1) is 9.58. The molecule has 2 aromatic rings. The molecule has 7 nitrogen and oxygen atoms in total. The topological polar surface area (TPSA) is 106 Å². The Morgan fingerprint density at radius 1 is 1.40 bits per heavy atom. The first kappa shape index (κ1) is 14.3. The number of hydrogen-bond acceptors (Lipinski definition) is 5. The van der Waals surface area contributed by atoms with Crippen LogP contribution in [-0.4, -0.2) is 24.0 Å². The number of rotatable bonds is 5. The van der Waals surface area contributed by atoms with Crippen molar-refractivity contribution in [3.05, 3.63) is 46.3 Å². The summed E-state index contributed by atoms with van der Waals surface area (Å²) in [6.45, 7) is -0.122. The summed E-state index contributed by atoms with van der Waals surface area (Å²) in [5, 5.41) is 3.03. The molecule has 1 heterocycles. The summed E-state index contributed by atoms with van der Waals surface area (Å²) in [5.41, 5.74) is -0.470. The standard InChI is InChI=1S/C12H10NO6P/c14-11(13-5-6-18-20(16)17)9-7-8-3-1-2-4-10(8)19-12(9)15/h1-4,7H,5-6H2,(H-,13,14,16,17)/p+1. The molecule has 2 rings (SSSR count). The maximum Gasteiger partial charge on any atom is 0.694 e. The predicted octanol–water partition coefficient (Wildman–Crippen LogP) is 1.19. The zero-order valence-corrected chi connectivity index (χ0v) is 11.1. The second-order valence-corrected chi connectivity index (χ2v) is 4.55. The summed E-state index contributed by atoms with van der Waals surface area (Å²) in [6.07, 6.45) is 0. The van der Waals surface area contributed by atoms with Crippen molar-refractivity contribution in [2.45, 2.75) is 0 Å². The number of fused-ring (bicyclic) bond motifs is 1. The number of hydrogen-bond donors (Lipinski definition) is 2. The van der Waals surface area contributed by atoms with Gasteiger partial charge in [0.1, 0.15) is 17.8 Å². The van der Waals surface area contributed by atoms with E-state index in [0.29, 0.717) is 11.0 Å². The molecule has 1 aromatic carbocycles. The van der Waals surface area contributed by atoms with Crippen molar-refractivity contribution in [3.8, 4) is 0 Å². The van der Waals surface area contributed by atoms with Gasteiger partial charge >= 0.3 is 13.9 Å². The van der Waals surface area contributed by atoms with E-state index >= 15 is 0 Å². The van der Waals surface area contributed by atoms with Gasteiger partial charge in [0.25, 0.3) is 5.91 Å². The van der Waals surface area contributed by atoms with Gasteiger partial charge in [0.15, 0.2) is 0 Å². The van der Waals surface area contributed by atoms with Crippen LogP contribution < -0.4 is 10.9 Å². The fraction of sp³-hybridized carbons (Fsp3) is 0.167. The lowest BCUT2D eigenvalue weighted by Crippen LogP contribution is -2.30. The SMILES string of the molecule is O=C(NCCO[P+](=O)O)c1cc2ccccc2oc1=O. The lowest BCUT2D eigenvalue weighted by atomic mass is 10.2. The second kappa shape index (κ2) is 6.38. The first-order valence-corrected chi connectivity index (χ1v) is 6.81. The minimum atomic E-state index is -2.70. The van der Waals surface area contributed by atoms with Crippen molar-refractivity contribution in [2.24, 2.45) is 0 Å². The molecule has 0 fully saturated rings. The Balaban J connectivity index is 2.11. The Labute approximate surface area is 114 Å². The largest absolute Gasteiger partial charge is 0.694 e. The molecule has 1 unspecified atom stereocenters. The third-order valence-corrected chi connectivity index (χ3v) is 2.88. The Hall–Kier alpha value is -2.08. The molecule has 0 saturated carbocycles. The predicted molar refractivity (Wildman–Crippen MR) is 70.6 cm³/mol. The van der Waals surface area contributed by atoms with Gasteiger partial charge in [-0.25, -0.2) is 4.79 Å². The molecule has 0 aliphatic carbocycles. The quantitative estimate of drug-likeness (QED) is 0.487. The average Bonchev–Trinajstić information content (AvgIpc) is 2.42. The highest BCUT2D eigenvalue weighted by Crippen LogP contribution is 2.13. The molecule has 8 heteroatoms. The minimum absolute atomic E-state index is 0.00668. The van der Waals surface area contributed by atoms with Gasteiger partial charge in [-0.05, 0) is 12.1 Å². The van der Waals surface area contributed by atoms with Crippen LogP contribution in [0.25, 0.3) is 11.0 Å². The van der Waals surface area contributed by atoms with Crippen LogP contribution in [-0.2, 0) is 9.09 Å². The van der Waals surface area contributed by atoms with Crippen molar-refractivity contribution in [3.63, 3.8) is 0 Å². The smallest absolute Gasteiger partial charge is 0.422 e. The van der Waals surface area contributed by atoms with Crippen molar-refractivity contribution >= 4 is 25.1 Å². The number of para-hydroxylation sites is 1. The van der Waals surface area contributed by atoms with E-state index in [2.05, 4.69) is 9.84 Å². The van der Waals surface area contributed by atoms with Crippen molar-refractivity contribution < 1.29 is 23.2 Å². The lowest BCUT2D eigenvalue weighted by Gasteiger charge is -2.03. The summed E-state index contributed by atoms with van der Waals surface area (Å²) in [4.78, 5) is 31.9. The van der Waals surface area contributed by atoms with Crippen LogP contribution in [0.3, 0.4) is 0 Å². The van der Waals surface area contributed by atoms with Crippen LogP contribution in [0.2, 0.25) is 0 Å². The minimum Gasteiger partial charge on any atom is -0.422 e. The van der Waals surface area contributed by atoms with Gasteiger partial charge in [-0.2, -0.15) is 0 Å². The van der Waals surface area contributed by atoms with Gasteiger partial charge in [-0.1, -0.05) is 18.2 Å². The molecule has 0 aliphatic heterocycles. The van der Waals surface area contributed by atoms with E-state index in [-0.39, 0.29) is 18.7 Å². The number of benzene rings is 1. The molecule has 0 radical (unpaired) electrons. The molecular weight excluding hydrogens is 285 g/mol. The Morgan fingerprint density at radius 3 is 2.90 bits per heavy atom. The Bertz CT molecular complexity index is 710. The Morgan fingerprint density at radius 2 is 2.15 bits per heavy atom. The van der Waals surface area contributed by atoms with Gasteiger partial charge in [0.2, 0.25) is 0 Å². The maximum atomic E-state index is 11.8. The number of amides is 1. The summed E-state index contributed by atoms with van der Waals surface area (Å²) in [5.74, 6) is -0.624. The molecule has 1 aromatic heterocycles. The molecule has 0 aliphatic rings. The van der Waals surface area contributed by atoms with Gasteiger partial charge in [-0.3, -0.25) is 4.79 Å². The van der Waals surface area contributed by atoms with Crippen LogP contribution >= 0.6 is 8.25 Å². The van der Waals surface area contributed by atoms with Crippen molar-refractivity contribution in [1.82, 2.24) is 5.32 Å². The van der Waals surface area contributed by atoms with E-state index in [1.807, 2.05) is 0 Å².